The summed E-state index contributed by atoms with van der Waals surface area (Å²) in [6.07, 6.45) is 3.25. The molecule has 0 spiro atoms. The van der Waals surface area contributed by atoms with Crippen molar-refractivity contribution in [1.29, 1.82) is 0 Å². The quantitative estimate of drug-likeness (QED) is 0.484. The fourth-order valence-electron chi connectivity index (χ4n) is 4.31. The van der Waals surface area contributed by atoms with Crippen LogP contribution in [0.2, 0.25) is 0 Å². The van der Waals surface area contributed by atoms with Crippen molar-refractivity contribution in [1.82, 2.24) is 5.32 Å². The van der Waals surface area contributed by atoms with Crippen LogP contribution in [0.4, 0.5) is 5.69 Å². The number of rotatable bonds is 5. The summed E-state index contributed by atoms with van der Waals surface area (Å²) in [5, 5.41) is 6.25. The highest BCUT2D eigenvalue weighted by Gasteiger charge is 2.16. The van der Waals surface area contributed by atoms with Gasteiger partial charge in [-0.05, 0) is 53.8 Å². The third kappa shape index (κ3) is 3.46. The molecule has 5 rings (SSSR count). The first-order valence-corrected chi connectivity index (χ1v) is 10.3. The van der Waals surface area contributed by atoms with Crippen LogP contribution in [0.1, 0.15) is 29.0 Å². The third-order valence-corrected chi connectivity index (χ3v) is 5.75. The van der Waals surface area contributed by atoms with Gasteiger partial charge in [-0.2, -0.15) is 0 Å². The van der Waals surface area contributed by atoms with Gasteiger partial charge in [0.2, 0.25) is 0 Å². The number of nitrogens with zero attached hydrogens (tertiary/aromatic N) is 1. The molecule has 0 unspecified atom stereocenters. The van der Waals surface area contributed by atoms with Crippen molar-refractivity contribution in [3.8, 4) is 0 Å². The Kier molecular flexibility index (Phi) is 4.68. The molecule has 4 nitrogen and oxygen atoms in total. The lowest BCUT2D eigenvalue weighted by atomic mass is 10.0. The Hall–Kier alpha value is -3.27. The Bertz CT molecular complexity index is 1180. The van der Waals surface area contributed by atoms with Gasteiger partial charge in [-0.1, -0.05) is 48.5 Å². The fourth-order valence-corrected chi connectivity index (χ4v) is 4.31. The van der Waals surface area contributed by atoms with E-state index >= 15 is 0 Å². The first-order chi connectivity index (χ1) is 14.3. The molecule has 0 aliphatic carbocycles. The minimum atomic E-state index is -0.149. The molecule has 4 aromatic rings. The van der Waals surface area contributed by atoms with Crippen LogP contribution in [0.5, 0.6) is 0 Å². The maximum Gasteiger partial charge on any atom is 0.287 e. The van der Waals surface area contributed by atoms with E-state index < -0.39 is 0 Å². The summed E-state index contributed by atoms with van der Waals surface area (Å²) in [6, 6.07) is 22.6. The van der Waals surface area contributed by atoms with E-state index in [2.05, 4.69) is 46.6 Å². The molecule has 29 heavy (non-hydrogen) atoms. The van der Waals surface area contributed by atoms with Gasteiger partial charge in [0.25, 0.3) is 5.91 Å². The van der Waals surface area contributed by atoms with Gasteiger partial charge in [-0.25, -0.2) is 0 Å². The zero-order chi connectivity index (χ0) is 19.6. The lowest BCUT2D eigenvalue weighted by Gasteiger charge is -2.31. The summed E-state index contributed by atoms with van der Waals surface area (Å²) < 4.78 is 5.81. The first-order valence-electron chi connectivity index (χ1n) is 10.3. The molecular weight excluding hydrogens is 360 g/mol. The third-order valence-electron chi connectivity index (χ3n) is 5.75. The van der Waals surface area contributed by atoms with E-state index in [0.29, 0.717) is 12.3 Å². The normalized spacial score (nSPS) is 13.6. The van der Waals surface area contributed by atoms with E-state index in [1.165, 1.54) is 17.7 Å². The van der Waals surface area contributed by atoms with E-state index in [0.717, 1.165) is 47.7 Å². The number of amides is 1. The predicted molar refractivity (Wildman–Crippen MR) is 118 cm³/mol. The van der Waals surface area contributed by atoms with E-state index in [4.69, 9.17) is 4.42 Å². The summed E-state index contributed by atoms with van der Waals surface area (Å²) in [6.45, 7) is 2.67. The molecule has 3 aromatic carbocycles. The average molecular weight is 384 g/mol. The molecule has 0 bridgehead atoms. The molecule has 0 atom stereocenters. The molecule has 0 radical (unpaired) electrons. The van der Waals surface area contributed by atoms with E-state index in [1.807, 2.05) is 30.3 Å². The van der Waals surface area contributed by atoms with Crippen LogP contribution in [0.15, 0.2) is 71.1 Å². The van der Waals surface area contributed by atoms with Crippen molar-refractivity contribution in [2.75, 3.05) is 24.5 Å². The summed E-state index contributed by atoms with van der Waals surface area (Å²) in [4.78, 5) is 15.0. The maximum absolute atomic E-state index is 12.6. The fraction of sp³-hybridized carbons (Fsp3) is 0.240. The summed E-state index contributed by atoms with van der Waals surface area (Å²) in [5.41, 5.74) is 3.52. The summed E-state index contributed by atoms with van der Waals surface area (Å²) in [7, 11) is 0. The van der Waals surface area contributed by atoms with Gasteiger partial charge in [0, 0.05) is 30.7 Å². The van der Waals surface area contributed by atoms with E-state index in [1.54, 1.807) is 0 Å². The predicted octanol–water partition coefficient (Wildman–Crippen LogP) is 5.16. The van der Waals surface area contributed by atoms with Crippen molar-refractivity contribution in [3.63, 3.8) is 0 Å². The Morgan fingerprint density at radius 3 is 2.83 bits per heavy atom. The van der Waals surface area contributed by atoms with Crippen LogP contribution < -0.4 is 10.2 Å². The number of fused-ring (bicyclic) bond motifs is 4. The lowest BCUT2D eigenvalue weighted by Crippen LogP contribution is -2.33. The van der Waals surface area contributed by atoms with Crippen LogP contribution in [0.25, 0.3) is 21.7 Å². The Morgan fingerprint density at radius 2 is 1.86 bits per heavy atom. The van der Waals surface area contributed by atoms with Gasteiger partial charge in [0.1, 0.15) is 5.58 Å². The summed E-state index contributed by atoms with van der Waals surface area (Å²) >= 11 is 0. The van der Waals surface area contributed by atoms with Gasteiger partial charge in [0.05, 0.1) is 0 Å². The largest absolute Gasteiger partial charge is 0.451 e. The monoisotopic (exact) mass is 384 g/mol. The second-order valence-electron chi connectivity index (χ2n) is 7.64. The second-order valence-corrected chi connectivity index (χ2v) is 7.64. The smallest absolute Gasteiger partial charge is 0.287 e. The van der Waals surface area contributed by atoms with Gasteiger partial charge < -0.3 is 14.6 Å². The van der Waals surface area contributed by atoms with E-state index in [9.17, 15) is 4.79 Å². The van der Waals surface area contributed by atoms with Gasteiger partial charge >= 0.3 is 0 Å². The van der Waals surface area contributed by atoms with Crippen molar-refractivity contribution in [2.24, 2.45) is 0 Å². The Morgan fingerprint density at radius 1 is 1.00 bits per heavy atom. The van der Waals surface area contributed by atoms with Crippen LogP contribution in [-0.4, -0.2) is 25.5 Å². The lowest BCUT2D eigenvalue weighted by molar-refractivity contribution is 0.0928. The molecule has 1 N–H and O–H groups in total. The van der Waals surface area contributed by atoms with Crippen LogP contribution in [0, 0.1) is 0 Å². The number of nitrogens with one attached hydrogen (secondary N) is 1. The molecule has 0 fully saturated rings. The molecule has 1 amide bonds. The molecule has 1 aliphatic rings. The molecule has 4 heteroatoms. The number of aryl methyl sites for hydroxylation is 1. The number of hydrogen-bond acceptors (Lipinski definition) is 3. The van der Waals surface area contributed by atoms with Gasteiger partial charge in [0.15, 0.2) is 5.76 Å². The Balaban J connectivity index is 1.22. The SMILES string of the molecule is O=C(NCCCN1CCCc2ccccc21)c1cc2c(ccc3ccccc32)o1. The minimum Gasteiger partial charge on any atom is -0.451 e. The van der Waals surface area contributed by atoms with Crippen molar-refractivity contribution in [2.45, 2.75) is 19.3 Å². The highest BCUT2D eigenvalue weighted by Crippen LogP contribution is 2.28. The van der Waals surface area contributed by atoms with Crippen molar-refractivity contribution >= 4 is 33.3 Å². The number of carbonyl (C=O) groups is 1. The molecule has 1 aliphatic heterocycles. The second kappa shape index (κ2) is 7.63. The number of para-hydroxylation sites is 1. The highest BCUT2D eigenvalue weighted by atomic mass is 16.3. The molecule has 1 aromatic heterocycles. The average Bonchev–Trinajstić information content (AvgIpc) is 3.22. The van der Waals surface area contributed by atoms with Crippen LogP contribution >= 0.6 is 0 Å². The Labute approximate surface area is 170 Å². The van der Waals surface area contributed by atoms with Gasteiger partial charge in [-0.15, -0.1) is 0 Å². The minimum absolute atomic E-state index is 0.149. The molecule has 0 saturated heterocycles. The van der Waals surface area contributed by atoms with Crippen LogP contribution in [-0.2, 0) is 6.42 Å². The standard InChI is InChI=1S/C25H24N2O2/c28-25(24-17-21-20-10-3-1-7-18(20)12-13-23(21)29-24)26-14-6-16-27-15-5-9-19-8-2-4-11-22(19)27/h1-4,7-8,10-13,17H,5-6,9,14-16H2,(H,26,28). The van der Waals surface area contributed by atoms with Crippen molar-refractivity contribution in [3.05, 3.63) is 78.1 Å². The number of furan rings is 1. The molecule has 146 valence electrons. The van der Waals surface area contributed by atoms with Crippen LogP contribution in [0.3, 0.4) is 0 Å². The topological polar surface area (TPSA) is 45.5 Å². The summed E-state index contributed by atoms with van der Waals surface area (Å²) in [5.74, 6) is 0.226. The molecule has 2 heterocycles. The molecular formula is C25H24N2O2. The maximum atomic E-state index is 12.6. The van der Waals surface area contributed by atoms with E-state index in [-0.39, 0.29) is 5.91 Å². The number of carbonyl (C=O) groups excluding carboxylic acids is 1. The zero-order valence-electron chi connectivity index (χ0n) is 16.4. The first kappa shape index (κ1) is 17.8. The molecule has 0 saturated carbocycles. The van der Waals surface area contributed by atoms with Gasteiger partial charge in [-0.3, -0.25) is 4.79 Å². The van der Waals surface area contributed by atoms with Crippen molar-refractivity contribution < 1.29 is 9.21 Å². The number of anilines is 1. The zero-order valence-corrected chi connectivity index (χ0v) is 16.4. The number of hydrogen-bond donors (Lipinski definition) is 1. The number of benzene rings is 3. The highest BCUT2D eigenvalue weighted by molar-refractivity contribution is 6.08.